The smallest absolute Gasteiger partial charge is 0.338 e. The first kappa shape index (κ1) is 19.5. The molecule has 142 valence electrons. The summed E-state index contributed by atoms with van der Waals surface area (Å²) in [5.41, 5.74) is 1.84. The Morgan fingerprint density at radius 2 is 1.96 bits per heavy atom. The summed E-state index contributed by atoms with van der Waals surface area (Å²) >= 11 is 8.66. The van der Waals surface area contributed by atoms with Crippen molar-refractivity contribution >= 4 is 39.2 Å². The Hall–Kier alpha value is -2.26. The second kappa shape index (κ2) is 7.40. The van der Waals surface area contributed by atoms with E-state index in [2.05, 4.69) is 36.8 Å². The molecule has 1 unspecified atom stereocenters. The number of benzene rings is 1. The van der Waals surface area contributed by atoms with Crippen LogP contribution in [-0.2, 0) is 9.53 Å². The highest BCUT2D eigenvalue weighted by Gasteiger charge is 2.34. The van der Waals surface area contributed by atoms with Gasteiger partial charge in [0, 0.05) is 10.2 Å². The van der Waals surface area contributed by atoms with Crippen molar-refractivity contribution in [3.05, 3.63) is 51.9 Å². The molecule has 0 saturated carbocycles. The van der Waals surface area contributed by atoms with Crippen LogP contribution in [0.15, 0.2) is 46.2 Å². The Labute approximate surface area is 171 Å². The minimum absolute atomic E-state index is 0.419. The third-order valence-electron chi connectivity index (χ3n) is 3.75. The lowest BCUT2D eigenvalue weighted by Gasteiger charge is -2.30. The van der Waals surface area contributed by atoms with Gasteiger partial charge in [-0.3, -0.25) is 0 Å². The lowest BCUT2D eigenvalue weighted by Crippen LogP contribution is -2.46. The van der Waals surface area contributed by atoms with Crippen LogP contribution >= 0.6 is 28.1 Å². The molecule has 0 bridgehead atoms. The van der Waals surface area contributed by atoms with Gasteiger partial charge in [-0.1, -0.05) is 15.9 Å². The van der Waals surface area contributed by atoms with Gasteiger partial charge in [-0.05, 0) is 64.2 Å². The summed E-state index contributed by atoms with van der Waals surface area (Å²) in [5.74, 6) is -0.425. The molecule has 1 aliphatic rings. The van der Waals surface area contributed by atoms with Gasteiger partial charge in [0.15, 0.2) is 5.11 Å². The zero-order chi connectivity index (χ0) is 19.8. The number of nitrogens with one attached hydrogen (secondary N) is 2. The number of rotatable bonds is 3. The van der Waals surface area contributed by atoms with Crippen LogP contribution in [-0.4, -0.2) is 31.7 Å². The zero-order valence-electron chi connectivity index (χ0n) is 15.4. The topological polar surface area (TPSA) is 81.1 Å². The van der Waals surface area contributed by atoms with E-state index < -0.39 is 17.6 Å². The Balaban J connectivity index is 1.95. The molecule has 1 aromatic heterocycles. The highest BCUT2D eigenvalue weighted by Crippen LogP contribution is 2.28. The summed E-state index contributed by atoms with van der Waals surface area (Å²) in [6.45, 7) is 7.27. The van der Waals surface area contributed by atoms with Gasteiger partial charge in [-0.25, -0.2) is 4.79 Å². The van der Waals surface area contributed by atoms with Crippen molar-refractivity contribution in [2.45, 2.75) is 39.3 Å². The van der Waals surface area contributed by atoms with Crippen molar-refractivity contribution in [1.29, 1.82) is 0 Å². The number of aromatic nitrogens is 3. The first-order valence-electron chi connectivity index (χ1n) is 8.34. The number of halogens is 1. The monoisotopic (exact) mass is 449 g/mol. The zero-order valence-corrected chi connectivity index (χ0v) is 17.8. The van der Waals surface area contributed by atoms with Crippen LogP contribution in [0.25, 0.3) is 5.69 Å². The molecule has 1 aromatic carbocycles. The number of carbonyl (C=O) groups is 1. The SMILES string of the molecule is CC1=C(C(=O)OC(C)(C)C)C(c2cnn(-c3ccc(Br)cc3)n2)NC(=S)N1. The predicted molar refractivity (Wildman–Crippen MR) is 109 cm³/mol. The van der Waals surface area contributed by atoms with Crippen molar-refractivity contribution in [2.75, 3.05) is 0 Å². The third-order valence-corrected chi connectivity index (χ3v) is 4.50. The van der Waals surface area contributed by atoms with E-state index in [4.69, 9.17) is 17.0 Å². The average molecular weight is 450 g/mol. The molecule has 0 amide bonds. The van der Waals surface area contributed by atoms with Crippen molar-refractivity contribution in [3.63, 3.8) is 0 Å². The van der Waals surface area contributed by atoms with Crippen LogP contribution in [0.1, 0.15) is 39.4 Å². The van der Waals surface area contributed by atoms with Gasteiger partial charge in [-0.15, -0.1) is 0 Å². The molecular weight excluding hydrogens is 430 g/mol. The molecule has 0 spiro atoms. The number of carbonyl (C=O) groups excluding carboxylic acids is 1. The van der Waals surface area contributed by atoms with Crippen LogP contribution in [0.2, 0.25) is 0 Å². The summed E-state index contributed by atoms with van der Waals surface area (Å²) in [6, 6.07) is 7.06. The van der Waals surface area contributed by atoms with E-state index in [9.17, 15) is 4.79 Å². The molecule has 7 nitrogen and oxygen atoms in total. The standard InChI is InChI=1S/C18H20BrN5O2S/c1-10-14(16(25)26-18(2,3)4)15(22-17(27)21-10)13-9-20-24(23-13)12-7-5-11(19)6-8-12/h5-9,15H,1-4H3,(H2,21,22,27). The van der Waals surface area contributed by atoms with E-state index in [0.29, 0.717) is 22.1 Å². The molecule has 0 aliphatic carbocycles. The third kappa shape index (κ3) is 4.54. The number of hydrogen-bond acceptors (Lipinski definition) is 5. The second-order valence-electron chi connectivity index (χ2n) is 7.11. The van der Waals surface area contributed by atoms with Gasteiger partial charge in [0.25, 0.3) is 0 Å². The molecule has 1 atom stereocenters. The summed E-state index contributed by atoms with van der Waals surface area (Å²) in [6.07, 6.45) is 1.62. The van der Waals surface area contributed by atoms with E-state index in [1.807, 2.05) is 45.0 Å². The maximum Gasteiger partial charge on any atom is 0.338 e. The predicted octanol–water partition coefficient (Wildman–Crippen LogP) is 3.16. The number of ether oxygens (including phenoxy) is 1. The van der Waals surface area contributed by atoms with E-state index >= 15 is 0 Å². The minimum atomic E-state index is -0.609. The fourth-order valence-corrected chi connectivity index (χ4v) is 3.16. The summed E-state index contributed by atoms with van der Waals surface area (Å²) in [7, 11) is 0. The van der Waals surface area contributed by atoms with Crippen LogP contribution in [0, 0.1) is 0 Å². The fourth-order valence-electron chi connectivity index (χ4n) is 2.63. The molecule has 9 heteroatoms. The lowest BCUT2D eigenvalue weighted by molar-refractivity contribution is -0.150. The Bertz CT molecular complexity index is 915. The second-order valence-corrected chi connectivity index (χ2v) is 8.43. The quantitative estimate of drug-likeness (QED) is 0.549. The van der Waals surface area contributed by atoms with Crippen LogP contribution in [0.3, 0.4) is 0 Å². The Morgan fingerprint density at radius 3 is 2.59 bits per heavy atom. The van der Waals surface area contributed by atoms with Crippen molar-refractivity contribution < 1.29 is 9.53 Å². The molecule has 0 radical (unpaired) electrons. The van der Waals surface area contributed by atoms with Gasteiger partial charge < -0.3 is 15.4 Å². The average Bonchev–Trinajstić information content (AvgIpc) is 3.02. The molecule has 2 heterocycles. The van der Waals surface area contributed by atoms with E-state index in [1.54, 1.807) is 13.1 Å². The molecule has 0 fully saturated rings. The van der Waals surface area contributed by atoms with Crippen LogP contribution in [0.5, 0.6) is 0 Å². The normalized spacial score (nSPS) is 17.4. The van der Waals surface area contributed by atoms with Gasteiger partial charge in [-0.2, -0.15) is 15.0 Å². The number of nitrogens with zero attached hydrogens (tertiary/aromatic N) is 3. The van der Waals surface area contributed by atoms with Gasteiger partial charge in [0.1, 0.15) is 17.3 Å². The Kier molecular flexibility index (Phi) is 5.34. The van der Waals surface area contributed by atoms with E-state index in [0.717, 1.165) is 10.2 Å². The number of hydrogen-bond donors (Lipinski definition) is 2. The summed E-state index contributed by atoms with van der Waals surface area (Å²) in [5, 5.41) is 15.3. The lowest BCUT2D eigenvalue weighted by atomic mass is 10.0. The molecule has 2 aromatic rings. The van der Waals surface area contributed by atoms with Crippen molar-refractivity contribution in [2.24, 2.45) is 0 Å². The van der Waals surface area contributed by atoms with Gasteiger partial charge >= 0.3 is 5.97 Å². The maximum atomic E-state index is 12.8. The summed E-state index contributed by atoms with van der Waals surface area (Å²) in [4.78, 5) is 14.3. The van der Waals surface area contributed by atoms with Gasteiger partial charge in [0.2, 0.25) is 0 Å². The molecule has 3 rings (SSSR count). The fraction of sp³-hybridized carbons (Fsp3) is 0.333. The number of thiocarbonyl (C=S) groups is 1. The minimum Gasteiger partial charge on any atom is -0.456 e. The van der Waals surface area contributed by atoms with Crippen molar-refractivity contribution in [3.8, 4) is 5.69 Å². The Morgan fingerprint density at radius 1 is 1.30 bits per heavy atom. The number of esters is 1. The van der Waals surface area contributed by atoms with Crippen LogP contribution < -0.4 is 10.6 Å². The molecule has 0 saturated heterocycles. The largest absolute Gasteiger partial charge is 0.456 e. The van der Waals surface area contributed by atoms with Crippen molar-refractivity contribution in [1.82, 2.24) is 25.6 Å². The molecule has 2 N–H and O–H groups in total. The van der Waals surface area contributed by atoms with E-state index in [-0.39, 0.29) is 0 Å². The molecule has 27 heavy (non-hydrogen) atoms. The molecule has 1 aliphatic heterocycles. The highest BCUT2D eigenvalue weighted by molar-refractivity contribution is 9.10. The van der Waals surface area contributed by atoms with Crippen LogP contribution in [0.4, 0.5) is 0 Å². The van der Waals surface area contributed by atoms with Gasteiger partial charge in [0.05, 0.1) is 17.5 Å². The molecular formula is C18H20BrN5O2S. The highest BCUT2D eigenvalue weighted by atomic mass is 79.9. The summed E-state index contributed by atoms with van der Waals surface area (Å²) < 4.78 is 6.53. The first-order valence-corrected chi connectivity index (χ1v) is 9.54. The number of allylic oxidation sites excluding steroid dienone is 1. The van der Waals surface area contributed by atoms with E-state index in [1.165, 1.54) is 4.80 Å². The maximum absolute atomic E-state index is 12.8. The first-order chi connectivity index (χ1) is 12.6.